The van der Waals surface area contributed by atoms with Crippen molar-refractivity contribution in [1.29, 1.82) is 0 Å². The molecule has 23 heavy (non-hydrogen) atoms. The number of hydrogen-bond acceptors (Lipinski definition) is 7. The summed E-state index contributed by atoms with van der Waals surface area (Å²) in [5, 5.41) is 22.2. The zero-order chi connectivity index (χ0) is 17.6. The fourth-order valence-electron chi connectivity index (χ4n) is 1.86. The maximum Gasteiger partial charge on any atom is 0.514 e. The number of carbonyl (C=O) groups is 1. The van der Waals surface area contributed by atoms with Gasteiger partial charge in [-0.25, -0.2) is 4.79 Å². The quantitative estimate of drug-likeness (QED) is 0.322. The Hall–Kier alpha value is -2.71. The summed E-state index contributed by atoms with van der Waals surface area (Å²) in [7, 11) is 0. The number of benzene rings is 1. The molecule has 0 aliphatic heterocycles. The lowest BCUT2D eigenvalue weighted by molar-refractivity contribution is -0.394. The van der Waals surface area contributed by atoms with Gasteiger partial charge in [0, 0.05) is 11.6 Å². The molecule has 0 bridgehead atoms. The molecule has 0 spiro atoms. The number of nitro benzene ring substituents is 2. The van der Waals surface area contributed by atoms with E-state index in [1.54, 1.807) is 13.8 Å². The fourth-order valence-corrected chi connectivity index (χ4v) is 1.86. The Morgan fingerprint density at radius 2 is 1.87 bits per heavy atom. The second-order valence-corrected chi connectivity index (χ2v) is 4.91. The van der Waals surface area contributed by atoms with Crippen LogP contribution in [0.2, 0.25) is 0 Å². The molecule has 0 unspecified atom stereocenters. The molecule has 0 saturated carbocycles. The zero-order valence-corrected chi connectivity index (χ0v) is 13.1. The summed E-state index contributed by atoms with van der Waals surface area (Å²) in [5.74, 6) is -0.585. The Bertz CT molecular complexity index is 615. The van der Waals surface area contributed by atoms with Crippen molar-refractivity contribution in [3.05, 3.63) is 37.9 Å². The number of non-ortho nitro benzene ring substituents is 1. The second-order valence-electron chi connectivity index (χ2n) is 4.91. The van der Waals surface area contributed by atoms with Gasteiger partial charge in [-0.3, -0.25) is 20.2 Å². The lowest BCUT2D eigenvalue weighted by atomic mass is 9.96. The molecule has 1 aromatic carbocycles. The summed E-state index contributed by atoms with van der Waals surface area (Å²) in [6.45, 7) is 5.44. The number of ether oxygens (including phenoxy) is 2. The normalized spacial score (nSPS) is 11.6. The van der Waals surface area contributed by atoms with E-state index in [1.807, 2.05) is 6.92 Å². The highest BCUT2D eigenvalue weighted by molar-refractivity contribution is 5.70. The van der Waals surface area contributed by atoms with Crippen LogP contribution < -0.4 is 4.74 Å². The minimum absolute atomic E-state index is 0.109. The molecule has 1 atom stereocenters. The molecule has 0 fully saturated rings. The number of hydrogen-bond donors (Lipinski definition) is 0. The van der Waals surface area contributed by atoms with E-state index in [1.165, 1.54) is 6.07 Å². The molecule has 9 heteroatoms. The van der Waals surface area contributed by atoms with Gasteiger partial charge in [-0.05, 0) is 18.8 Å². The summed E-state index contributed by atoms with van der Waals surface area (Å²) in [6, 6.07) is 1.96. The molecule has 0 N–H and O–H groups in total. The average molecular weight is 326 g/mol. The summed E-state index contributed by atoms with van der Waals surface area (Å²) in [6.07, 6.45) is 0.0438. The van der Waals surface area contributed by atoms with Crippen molar-refractivity contribution in [3.63, 3.8) is 0 Å². The summed E-state index contributed by atoms with van der Waals surface area (Å²) >= 11 is 0. The van der Waals surface area contributed by atoms with Gasteiger partial charge >= 0.3 is 11.8 Å². The molecule has 1 rings (SSSR count). The van der Waals surface area contributed by atoms with Crippen molar-refractivity contribution in [2.75, 3.05) is 6.61 Å². The zero-order valence-electron chi connectivity index (χ0n) is 13.1. The largest absolute Gasteiger partial charge is 0.514 e. The van der Waals surface area contributed by atoms with Crippen LogP contribution >= 0.6 is 0 Å². The van der Waals surface area contributed by atoms with Gasteiger partial charge in [0.25, 0.3) is 5.69 Å². The Labute approximate surface area is 132 Å². The number of rotatable bonds is 7. The molecule has 0 saturated heterocycles. The van der Waals surface area contributed by atoms with E-state index in [9.17, 15) is 25.0 Å². The predicted octanol–water partition coefficient (Wildman–Crippen LogP) is 3.94. The first kappa shape index (κ1) is 18.3. The van der Waals surface area contributed by atoms with Gasteiger partial charge in [-0.1, -0.05) is 20.8 Å². The minimum atomic E-state index is -1.08. The Morgan fingerprint density at radius 1 is 1.22 bits per heavy atom. The highest BCUT2D eigenvalue weighted by atomic mass is 16.7. The maximum atomic E-state index is 11.6. The molecular weight excluding hydrogens is 308 g/mol. The van der Waals surface area contributed by atoms with Gasteiger partial charge in [0.15, 0.2) is 0 Å². The minimum Gasteiger partial charge on any atom is -0.434 e. The predicted molar refractivity (Wildman–Crippen MR) is 80.7 cm³/mol. The van der Waals surface area contributed by atoms with Crippen molar-refractivity contribution < 1.29 is 24.1 Å². The van der Waals surface area contributed by atoms with Crippen molar-refractivity contribution in [1.82, 2.24) is 0 Å². The third kappa shape index (κ3) is 4.63. The molecule has 0 aromatic heterocycles. The smallest absolute Gasteiger partial charge is 0.434 e. The van der Waals surface area contributed by atoms with E-state index < -0.39 is 27.4 Å². The molecular formula is C14H18N2O7. The standard InChI is InChI=1S/C14H18N2O7/c1-4-6-22-14(17)23-13-11(9(3)5-2)7-10(15(18)19)8-12(13)16(20)21/h7-9H,4-6H2,1-3H3/t9-/m1/s1. The second kappa shape index (κ2) is 8.06. The maximum absolute atomic E-state index is 11.6. The lowest BCUT2D eigenvalue weighted by Gasteiger charge is -2.14. The first-order valence-corrected chi connectivity index (χ1v) is 7.13. The van der Waals surface area contributed by atoms with Crippen LogP contribution in [0.4, 0.5) is 16.2 Å². The van der Waals surface area contributed by atoms with Crippen molar-refractivity contribution >= 4 is 17.5 Å². The third-order valence-corrected chi connectivity index (χ3v) is 3.24. The van der Waals surface area contributed by atoms with Gasteiger partial charge in [0.2, 0.25) is 5.75 Å². The van der Waals surface area contributed by atoms with Crippen LogP contribution in [0.25, 0.3) is 0 Å². The highest BCUT2D eigenvalue weighted by Gasteiger charge is 2.29. The average Bonchev–Trinajstić information content (AvgIpc) is 2.51. The van der Waals surface area contributed by atoms with Crippen LogP contribution in [-0.4, -0.2) is 22.6 Å². The molecule has 1 aromatic rings. The Kier molecular flexibility index (Phi) is 6.43. The van der Waals surface area contributed by atoms with E-state index in [-0.39, 0.29) is 23.8 Å². The van der Waals surface area contributed by atoms with Gasteiger partial charge in [-0.15, -0.1) is 0 Å². The van der Waals surface area contributed by atoms with Gasteiger partial charge in [-0.2, -0.15) is 0 Å². The van der Waals surface area contributed by atoms with Gasteiger partial charge < -0.3 is 9.47 Å². The molecule has 9 nitrogen and oxygen atoms in total. The van der Waals surface area contributed by atoms with Crippen LogP contribution in [0.15, 0.2) is 12.1 Å². The van der Waals surface area contributed by atoms with Crippen LogP contribution in [-0.2, 0) is 4.74 Å². The van der Waals surface area contributed by atoms with Crippen LogP contribution in [0.1, 0.15) is 45.1 Å². The SMILES string of the molecule is CCCOC(=O)Oc1c([C@H](C)CC)cc([N+](=O)[O-])cc1[N+](=O)[O-]. The van der Waals surface area contributed by atoms with E-state index in [0.29, 0.717) is 12.8 Å². The van der Waals surface area contributed by atoms with Crippen molar-refractivity contribution in [2.24, 2.45) is 0 Å². The third-order valence-electron chi connectivity index (χ3n) is 3.24. The van der Waals surface area contributed by atoms with Crippen molar-refractivity contribution in [2.45, 2.75) is 39.5 Å². The van der Waals surface area contributed by atoms with E-state index in [2.05, 4.69) is 0 Å². The highest BCUT2D eigenvalue weighted by Crippen LogP contribution is 2.40. The molecule has 0 heterocycles. The van der Waals surface area contributed by atoms with E-state index in [4.69, 9.17) is 9.47 Å². The van der Waals surface area contributed by atoms with Crippen LogP contribution in [0.3, 0.4) is 0 Å². The molecule has 0 aliphatic rings. The molecule has 0 aliphatic carbocycles. The van der Waals surface area contributed by atoms with Crippen molar-refractivity contribution in [3.8, 4) is 5.75 Å². The topological polar surface area (TPSA) is 122 Å². The first-order chi connectivity index (χ1) is 10.8. The first-order valence-electron chi connectivity index (χ1n) is 7.13. The molecule has 126 valence electrons. The Morgan fingerprint density at radius 3 is 2.35 bits per heavy atom. The van der Waals surface area contributed by atoms with Crippen LogP contribution in [0.5, 0.6) is 5.75 Å². The monoisotopic (exact) mass is 326 g/mol. The van der Waals surface area contributed by atoms with E-state index in [0.717, 1.165) is 6.07 Å². The van der Waals surface area contributed by atoms with Gasteiger partial charge in [0.05, 0.1) is 22.5 Å². The van der Waals surface area contributed by atoms with Gasteiger partial charge in [0.1, 0.15) is 0 Å². The summed E-state index contributed by atoms with van der Waals surface area (Å²) in [5.41, 5.74) is -0.842. The summed E-state index contributed by atoms with van der Waals surface area (Å²) in [4.78, 5) is 32.3. The lowest BCUT2D eigenvalue weighted by Crippen LogP contribution is -2.14. The Balaban J connectivity index is 3.40. The summed E-state index contributed by atoms with van der Waals surface area (Å²) < 4.78 is 9.73. The van der Waals surface area contributed by atoms with E-state index >= 15 is 0 Å². The molecule has 0 amide bonds. The number of nitro groups is 2. The fraction of sp³-hybridized carbons (Fsp3) is 0.500. The molecule has 0 radical (unpaired) electrons. The number of carbonyl (C=O) groups excluding carboxylic acids is 1. The number of nitrogens with zero attached hydrogens (tertiary/aromatic N) is 2. The van der Waals surface area contributed by atoms with Crippen LogP contribution in [0, 0.1) is 20.2 Å².